The van der Waals surface area contributed by atoms with Gasteiger partial charge in [0.15, 0.2) is 6.61 Å². The molecule has 1 heterocycles. The lowest BCUT2D eigenvalue weighted by atomic mass is 10.2. The van der Waals surface area contributed by atoms with Crippen LogP contribution in [0.25, 0.3) is 0 Å². The number of hydrogen-bond donors (Lipinski definition) is 1. The number of nitriles is 1. The first-order valence-electron chi connectivity index (χ1n) is 8.06. The van der Waals surface area contributed by atoms with Gasteiger partial charge in [-0.2, -0.15) is 10.4 Å². The molecule has 1 amide bonds. The quantitative estimate of drug-likeness (QED) is 0.649. The average Bonchev–Trinajstić information content (AvgIpc) is 2.87. The third-order valence-electron chi connectivity index (χ3n) is 3.80. The molecule has 0 saturated heterocycles. The Morgan fingerprint density at radius 3 is 2.76 bits per heavy atom. The molecule has 0 saturated carbocycles. The van der Waals surface area contributed by atoms with Crippen molar-refractivity contribution in [3.8, 4) is 11.8 Å². The third-order valence-corrected chi connectivity index (χ3v) is 3.80. The van der Waals surface area contributed by atoms with Crippen LogP contribution in [0.5, 0.6) is 5.75 Å². The van der Waals surface area contributed by atoms with Gasteiger partial charge >= 0.3 is 0 Å². The van der Waals surface area contributed by atoms with Crippen molar-refractivity contribution in [2.24, 2.45) is 5.10 Å². The van der Waals surface area contributed by atoms with Gasteiger partial charge in [0.1, 0.15) is 11.8 Å². The van der Waals surface area contributed by atoms with Crippen LogP contribution in [0.2, 0.25) is 0 Å². The monoisotopic (exact) mass is 338 g/mol. The van der Waals surface area contributed by atoms with Gasteiger partial charge in [-0.3, -0.25) is 4.79 Å². The molecule has 2 rings (SSSR count). The number of carbonyl (C=O) groups is 1. The summed E-state index contributed by atoms with van der Waals surface area (Å²) in [6.07, 6.45) is 1.63. The van der Waals surface area contributed by atoms with E-state index in [1.807, 2.05) is 26.0 Å². The molecule has 0 aliphatic rings. The highest BCUT2D eigenvalue weighted by Gasteiger charge is 2.10. The van der Waals surface area contributed by atoms with Gasteiger partial charge < -0.3 is 9.30 Å². The predicted octanol–water partition coefficient (Wildman–Crippen LogP) is 3.09. The Morgan fingerprint density at radius 1 is 1.40 bits per heavy atom. The first-order valence-corrected chi connectivity index (χ1v) is 8.06. The Balaban J connectivity index is 1.93. The summed E-state index contributed by atoms with van der Waals surface area (Å²) >= 11 is 0. The normalized spacial score (nSPS) is 10.9. The number of rotatable bonds is 6. The summed E-state index contributed by atoms with van der Waals surface area (Å²) in [5.74, 6) is -0.00808. The fourth-order valence-electron chi connectivity index (χ4n) is 2.76. The van der Waals surface area contributed by atoms with Gasteiger partial charge in [-0.25, -0.2) is 5.43 Å². The number of carbonyl (C=O) groups excluding carboxylic acids is 1. The molecule has 0 unspecified atom stereocenters. The number of hydrazone groups is 1. The van der Waals surface area contributed by atoms with Crippen molar-refractivity contribution in [3.05, 3.63) is 52.8 Å². The van der Waals surface area contributed by atoms with Crippen molar-refractivity contribution in [1.82, 2.24) is 9.99 Å². The number of para-hydroxylation sites is 1. The summed E-state index contributed by atoms with van der Waals surface area (Å²) in [4.78, 5) is 11.8. The molecule has 1 N–H and O–H groups in total. The predicted molar refractivity (Wildman–Crippen MR) is 96.7 cm³/mol. The molecule has 130 valence electrons. The minimum absolute atomic E-state index is 0.207. The zero-order chi connectivity index (χ0) is 18.4. The SMILES string of the molecule is Cc1cc(/C=N\NC(=O)COc2ccccc2C#N)c(C)n1C(C)C. The summed E-state index contributed by atoms with van der Waals surface area (Å²) in [5.41, 5.74) is 6.04. The molecular formula is C19H22N4O2. The molecule has 2 aromatic rings. The van der Waals surface area contributed by atoms with E-state index in [1.165, 1.54) is 0 Å². The lowest BCUT2D eigenvalue weighted by Crippen LogP contribution is -2.24. The number of aromatic nitrogens is 1. The molecule has 0 aliphatic carbocycles. The molecule has 0 spiro atoms. The summed E-state index contributed by atoms with van der Waals surface area (Å²) < 4.78 is 7.57. The van der Waals surface area contributed by atoms with Gasteiger partial charge in [-0.05, 0) is 45.9 Å². The van der Waals surface area contributed by atoms with Crippen LogP contribution in [0.3, 0.4) is 0 Å². The van der Waals surface area contributed by atoms with Gasteiger partial charge in [0.25, 0.3) is 5.91 Å². The number of ether oxygens (including phenoxy) is 1. The third kappa shape index (κ3) is 4.48. The molecule has 0 atom stereocenters. The molecule has 0 aliphatic heterocycles. The van der Waals surface area contributed by atoms with Gasteiger partial charge in [0, 0.05) is 23.0 Å². The van der Waals surface area contributed by atoms with Gasteiger partial charge in [0.05, 0.1) is 11.8 Å². The van der Waals surface area contributed by atoms with Gasteiger partial charge in [0.2, 0.25) is 0 Å². The van der Waals surface area contributed by atoms with Crippen LogP contribution < -0.4 is 10.2 Å². The van der Waals surface area contributed by atoms with Crippen LogP contribution in [0, 0.1) is 25.2 Å². The summed E-state index contributed by atoms with van der Waals surface area (Å²) in [6.45, 7) is 8.11. The van der Waals surface area contributed by atoms with E-state index in [0.717, 1.165) is 17.0 Å². The molecule has 1 aromatic carbocycles. The number of hydrogen-bond acceptors (Lipinski definition) is 4. The maximum atomic E-state index is 11.8. The van der Waals surface area contributed by atoms with E-state index in [-0.39, 0.29) is 12.5 Å². The van der Waals surface area contributed by atoms with Crippen LogP contribution in [-0.4, -0.2) is 23.3 Å². The fraction of sp³-hybridized carbons (Fsp3) is 0.316. The molecule has 0 bridgehead atoms. The Labute approximate surface area is 147 Å². The van der Waals surface area contributed by atoms with Crippen molar-refractivity contribution in [1.29, 1.82) is 5.26 Å². The number of nitrogens with zero attached hydrogens (tertiary/aromatic N) is 3. The topological polar surface area (TPSA) is 79.4 Å². The highest BCUT2D eigenvalue weighted by molar-refractivity contribution is 5.84. The Bertz CT molecular complexity index is 828. The molecule has 6 heteroatoms. The van der Waals surface area contributed by atoms with Crippen LogP contribution in [0.1, 0.15) is 42.4 Å². The van der Waals surface area contributed by atoms with E-state index in [1.54, 1.807) is 30.5 Å². The first-order chi connectivity index (χ1) is 11.9. The van der Waals surface area contributed by atoms with Crippen molar-refractivity contribution in [3.63, 3.8) is 0 Å². The number of amides is 1. The zero-order valence-electron chi connectivity index (χ0n) is 14.9. The molecule has 1 aromatic heterocycles. The summed E-state index contributed by atoms with van der Waals surface area (Å²) in [7, 11) is 0. The second kappa shape index (κ2) is 8.15. The Kier molecular flexibility index (Phi) is 5.96. The maximum absolute atomic E-state index is 11.8. The van der Waals surface area contributed by atoms with Crippen LogP contribution >= 0.6 is 0 Å². The van der Waals surface area contributed by atoms with E-state index < -0.39 is 0 Å². The number of aryl methyl sites for hydroxylation is 1. The van der Waals surface area contributed by atoms with Crippen molar-refractivity contribution in [2.75, 3.05) is 6.61 Å². The average molecular weight is 338 g/mol. The van der Waals surface area contributed by atoms with Crippen LogP contribution in [0.15, 0.2) is 35.4 Å². The second-order valence-electron chi connectivity index (χ2n) is 5.98. The lowest BCUT2D eigenvalue weighted by Gasteiger charge is -2.13. The minimum Gasteiger partial charge on any atom is -0.482 e. The van der Waals surface area contributed by atoms with Crippen molar-refractivity contribution in [2.45, 2.75) is 33.7 Å². The van der Waals surface area contributed by atoms with Crippen molar-refractivity contribution >= 4 is 12.1 Å². The van der Waals surface area contributed by atoms with Gasteiger partial charge in [-0.15, -0.1) is 0 Å². The lowest BCUT2D eigenvalue weighted by molar-refractivity contribution is -0.123. The molecule has 6 nitrogen and oxygen atoms in total. The number of nitrogens with one attached hydrogen (secondary N) is 1. The molecule has 0 fully saturated rings. The maximum Gasteiger partial charge on any atom is 0.277 e. The van der Waals surface area contributed by atoms with Crippen molar-refractivity contribution < 1.29 is 9.53 Å². The largest absolute Gasteiger partial charge is 0.482 e. The Morgan fingerprint density at radius 2 is 2.12 bits per heavy atom. The smallest absolute Gasteiger partial charge is 0.277 e. The number of benzene rings is 1. The summed E-state index contributed by atoms with van der Waals surface area (Å²) in [6, 6.07) is 11.2. The minimum atomic E-state index is -0.387. The van der Waals surface area contributed by atoms with E-state index in [9.17, 15) is 4.79 Å². The highest BCUT2D eigenvalue weighted by Crippen LogP contribution is 2.18. The highest BCUT2D eigenvalue weighted by atomic mass is 16.5. The van der Waals surface area contributed by atoms with E-state index in [4.69, 9.17) is 10.00 Å². The molecule has 0 radical (unpaired) electrons. The molecule has 25 heavy (non-hydrogen) atoms. The van der Waals surface area contributed by atoms with E-state index in [0.29, 0.717) is 17.4 Å². The fourth-order valence-corrected chi connectivity index (χ4v) is 2.76. The van der Waals surface area contributed by atoms with Crippen LogP contribution in [0.4, 0.5) is 0 Å². The molecular weight excluding hydrogens is 316 g/mol. The van der Waals surface area contributed by atoms with Gasteiger partial charge in [-0.1, -0.05) is 12.1 Å². The van der Waals surface area contributed by atoms with Crippen LogP contribution in [-0.2, 0) is 4.79 Å². The zero-order valence-corrected chi connectivity index (χ0v) is 14.9. The standard InChI is InChI=1S/C19H22N4O2/c1-13(2)23-14(3)9-17(15(23)4)11-21-22-19(24)12-25-18-8-6-5-7-16(18)10-20/h5-9,11,13H,12H2,1-4H3,(H,22,24)/b21-11-. The first kappa shape index (κ1) is 18.3. The second-order valence-corrected chi connectivity index (χ2v) is 5.98. The van der Waals surface area contributed by atoms with E-state index in [2.05, 4.69) is 28.9 Å². The van der Waals surface area contributed by atoms with E-state index >= 15 is 0 Å². The summed E-state index contributed by atoms with van der Waals surface area (Å²) in [5, 5.41) is 13.0. The Hall–Kier alpha value is -3.07.